The van der Waals surface area contributed by atoms with Gasteiger partial charge in [-0.25, -0.2) is 0 Å². The van der Waals surface area contributed by atoms with Crippen molar-refractivity contribution in [2.45, 2.75) is 45.6 Å². The molecule has 1 rings (SSSR count). The number of carboxylic acids is 1. The molecular weight excluding hydrogens is 240 g/mol. The molecule has 1 aromatic rings. The lowest BCUT2D eigenvalue weighted by atomic mass is 9.98. The third-order valence-electron chi connectivity index (χ3n) is 3.14. The molecule has 0 radical (unpaired) electrons. The molecule has 0 bridgehead atoms. The van der Waals surface area contributed by atoms with E-state index in [1.165, 1.54) is 5.56 Å². The Morgan fingerprint density at radius 3 is 2.47 bits per heavy atom. The molecule has 0 spiro atoms. The number of rotatable bonds is 7. The molecule has 0 amide bonds. The first kappa shape index (κ1) is 15.3. The fourth-order valence-corrected chi connectivity index (χ4v) is 1.77. The first-order chi connectivity index (χ1) is 9.04. The van der Waals surface area contributed by atoms with E-state index in [9.17, 15) is 4.79 Å². The number of aliphatic carboxylic acids is 1. The molecule has 2 atom stereocenters. The van der Waals surface area contributed by atoms with Crippen LogP contribution in [-0.2, 0) is 16.0 Å². The topological polar surface area (TPSA) is 46.5 Å². The summed E-state index contributed by atoms with van der Waals surface area (Å²) in [6, 6.07) is 7.78. The number of carboxylic acid groups (broad SMARTS) is 1. The van der Waals surface area contributed by atoms with Gasteiger partial charge in [-0.15, -0.1) is 0 Å². The highest BCUT2D eigenvalue weighted by Gasteiger charge is 2.13. The quantitative estimate of drug-likeness (QED) is 0.761. The summed E-state index contributed by atoms with van der Waals surface area (Å²) in [5.41, 5.74) is 2.05. The van der Waals surface area contributed by atoms with E-state index >= 15 is 0 Å². The Labute approximate surface area is 114 Å². The predicted molar refractivity (Wildman–Crippen MR) is 76.2 cm³/mol. The van der Waals surface area contributed by atoms with Gasteiger partial charge in [0, 0.05) is 0 Å². The lowest BCUT2D eigenvalue weighted by Gasteiger charge is -2.12. The van der Waals surface area contributed by atoms with Gasteiger partial charge in [0.15, 0.2) is 0 Å². The SMILES string of the molecule is CC=COC(C)CCc1ccc(C(C)C(=O)O)cc1. The van der Waals surface area contributed by atoms with Gasteiger partial charge in [-0.1, -0.05) is 30.3 Å². The molecule has 104 valence electrons. The summed E-state index contributed by atoms with van der Waals surface area (Å²) in [5.74, 6) is -1.24. The van der Waals surface area contributed by atoms with Crippen LogP contribution in [0, 0.1) is 0 Å². The molecule has 0 saturated heterocycles. The second-order valence-corrected chi connectivity index (χ2v) is 4.76. The van der Waals surface area contributed by atoms with E-state index in [1.807, 2.05) is 44.2 Å². The van der Waals surface area contributed by atoms with Crippen LogP contribution in [0.25, 0.3) is 0 Å². The average Bonchev–Trinajstić information content (AvgIpc) is 2.42. The molecule has 3 nitrogen and oxygen atoms in total. The fraction of sp³-hybridized carbons (Fsp3) is 0.438. The number of hydrogen-bond donors (Lipinski definition) is 1. The number of carbonyl (C=O) groups is 1. The van der Waals surface area contributed by atoms with Crippen molar-refractivity contribution in [1.82, 2.24) is 0 Å². The average molecular weight is 262 g/mol. The Bertz CT molecular complexity index is 420. The molecule has 0 aromatic heterocycles. The molecule has 0 saturated carbocycles. The Hall–Kier alpha value is -1.77. The van der Waals surface area contributed by atoms with Crippen molar-refractivity contribution in [3.8, 4) is 0 Å². The molecule has 0 heterocycles. The normalized spacial score (nSPS) is 14.3. The van der Waals surface area contributed by atoms with Gasteiger partial charge in [-0.05, 0) is 44.7 Å². The highest BCUT2D eigenvalue weighted by molar-refractivity contribution is 5.75. The van der Waals surface area contributed by atoms with Gasteiger partial charge in [0.1, 0.15) is 0 Å². The number of aryl methyl sites for hydroxylation is 1. The van der Waals surface area contributed by atoms with Crippen molar-refractivity contribution in [3.05, 3.63) is 47.7 Å². The van der Waals surface area contributed by atoms with Crippen LogP contribution in [0.15, 0.2) is 36.6 Å². The molecule has 0 aliphatic rings. The van der Waals surface area contributed by atoms with Crippen LogP contribution in [0.3, 0.4) is 0 Å². The standard InChI is InChI=1S/C16H22O3/c1-4-11-19-12(2)5-6-14-7-9-15(10-8-14)13(3)16(17)18/h4,7-13H,5-6H2,1-3H3,(H,17,18). The fourth-order valence-electron chi connectivity index (χ4n) is 1.77. The van der Waals surface area contributed by atoms with Crippen LogP contribution in [0.1, 0.15) is 44.2 Å². The highest BCUT2D eigenvalue weighted by atomic mass is 16.5. The van der Waals surface area contributed by atoms with Crippen molar-refractivity contribution < 1.29 is 14.6 Å². The summed E-state index contributed by atoms with van der Waals surface area (Å²) in [6.45, 7) is 5.67. The molecule has 2 unspecified atom stereocenters. The van der Waals surface area contributed by atoms with Gasteiger partial charge in [0.2, 0.25) is 0 Å². The van der Waals surface area contributed by atoms with Gasteiger partial charge < -0.3 is 9.84 Å². The Morgan fingerprint density at radius 1 is 1.32 bits per heavy atom. The molecule has 3 heteroatoms. The second-order valence-electron chi connectivity index (χ2n) is 4.76. The minimum absolute atomic E-state index is 0.189. The highest BCUT2D eigenvalue weighted by Crippen LogP contribution is 2.17. The summed E-state index contributed by atoms with van der Waals surface area (Å²) in [7, 11) is 0. The lowest BCUT2D eigenvalue weighted by Crippen LogP contribution is -2.08. The van der Waals surface area contributed by atoms with Crippen molar-refractivity contribution >= 4 is 5.97 Å². The first-order valence-electron chi connectivity index (χ1n) is 6.63. The molecule has 1 N–H and O–H groups in total. The summed E-state index contributed by atoms with van der Waals surface area (Å²) < 4.78 is 5.45. The van der Waals surface area contributed by atoms with E-state index < -0.39 is 11.9 Å². The third kappa shape index (κ3) is 5.16. The van der Waals surface area contributed by atoms with Gasteiger partial charge >= 0.3 is 5.97 Å². The van der Waals surface area contributed by atoms with E-state index in [0.29, 0.717) is 0 Å². The van der Waals surface area contributed by atoms with Gasteiger partial charge in [-0.3, -0.25) is 4.79 Å². The molecule has 0 aliphatic carbocycles. The van der Waals surface area contributed by atoms with E-state index in [4.69, 9.17) is 9.84 Å². The summed E-state index contributed by atoms with van der Waals surface area (Å²) >= 11 is 0. The van der Waals surface area contributed by atoms with Crippen LogP contribution >= 0.6 is 0 Å². The molecule has 0 fully saturated rings. The van der Waals surface area contributed by atoms with Crippen molar-refractivity contribution in [2.24, 2.45) is 0 Å². The number of benzene rings is 1. The molecule has 19 heavy (non-hydrogen) atoms. The second kappa shape index (κ2) is 7.62. The van der Waals surface area contributed by atoms with Crippen LogP contribution in [-0.4, -0.2) is 17.2 Å². The molecule has 0 aliphatic heterocycles. The maximum atomic E-state index is 10.9. The van der Waals surface area contributed by atoms with Gasteiger partial charge in [-0.2, -0.15) is 0 Å². The van der Waals surface area contributed by atoms with E-state index in [2.05, 4.69) is 0 Å². The minimum Gasteiger partial charge on any atom is -0.499 e. The van der Waals surface area contributed by atoms with Crippen LogP contribution in [0.4, 0.5) is 0 Å². The zero-order valence-corrected chi connectivity index (χ0v) is 11.8. The number of ether oxygens (including phenoxy) is 1. The number of hydrogen-bond acceptors (Lipinski definition) is 2. The Balaban J connectivity index is 2.50. The summed E-state index contributed by atoms with van der Waals surface area (Å²) in [6.07, 6.45) is 5.65. The van der Waals surface area contributed by atoms with Crippen molar-refractivity contribution in [2.75, 3.05) is 0 Å². The minimum atomic E-state index is -0.791. The lowest BCUT2D eigenvalue weighted by molar-refractivity contribution is -0.138. The first-order valence-corrected chi connectivity index (χ1v) is 6.63. The Morgan fingerprint density at radius 2 is 1.95 bits per heavy atom. The maximum absolute atomic E-state index is 10.9. The van der Waals surface area contributed by atoms with Crippen molar-refractivity contribution in [3.63, 3.8) is 0 Å². The van der Waals surface area contributed by atoms with E-state index in [0.717, 1.165) is 18.4 Å². The van der Waals surface area contributed by atoms with Crippen LogP contribution in [0.5, 0.6) is 0 Å². The van der Waals surface area contributed by atoms with Gasteiger partial charge in [0.25, 0.3) is 0 Å². The predicted octanol–water partition coefficient (Wildman–Crippen LogP) is 3.75. The third-order valence-corrected chi connectivity index (χ3v) is 3.14. The van der Waals surface area contributed by atoms with E-state index in [1.54, 1.807) is 13.2 Å². The van der Waals surface area contributed by atoms with Crippen LogP contribution < -0.4 is 0 Å². The molecular formula is C16H22O3. The Kier molecular flexibility index (Phi) is 6.13. The zero-order valence-electron chi connectivity index (χ0n) is 11.8. The van der Waals surface area contributed by atoms with Gasteiger partial charge in [0.05, 0.1) is 18.3 Å². The molecule has 1 aromatic carbocycles. The monoisotopic (exact) mass is 262 g/mol. The summed E-state index contributed by atoms with van der Waals surface area (Å²) in [5, 5.41) is 8.94. The smallest absolute Gasteiger partial charge is 0.310 e. The number of allylic oxidation sites excluding steroid dienone is 1. The van der Waals surface area contributed by atoms with E-state index in [-0.39, 0.29) is 6.10 Å². The summed E-state index contributed by atoms with van der Waals surface area (Å²) in [4.78, 5) is 10.9. The zero-order chi connectivity index (χ0) is 14.3. The van der Waals surface area contributed by atoms with Crippen molar-refractivity contribution in [1.29, 1.82) is 0 Å². The maximum Gasteiger partial charge on any atom is 0.310 e. The van der Waals surface area contributed by atoms with Crippen LogP contribution in [0.2, 0.25) is 0 Å². The largest absolute Gasteiger partial charge is 0.499 e.